The molecule has 1 N–H and O–H groups in total. The van der Waals surface area contributed by atoms with Crippen LogP contribution in [0.5, 0.6) is 0 Å². The van der Waals surface area contributed by atoms with E-state index in [2.05, 4.69) is 9.80 Å². The van der Waals surface area contributed by atoms with Gasteiger partial charge >= 0.3 is 5.97 Å². The molecule has 3 rings (SSSR count). The van der Waals surface area contributed by atoms with E-state index in [0.717, 1.165) is 13.1 Å². The van der Waals surface area contributed by atoms with Crippen molar-refractivity contribution >= 4 is 5.97 Å². The van der Waals surface area contributed by atoms with E-state index in [4.69, 9.17) is 4.74 Å². The van der Waals surface area contributed by atoms with Crippen LogP contribution in [0.1, 0.15) is 32.1 Å². The summed E-state index contributed by atoms with van der Waals surface area (Å²) in [5, 5.41) is 9.68. The summed E-state index contributed by atoms with van der Waals surface area (Å²) in [7, 11) is 0. The summed E-state index contributed by atoms with van der Waals surface area (Å²) in [6.45, 7) is 6.40. The van der Waals surface area contributed by atoms with Gasteiger partial charge in [-0.05, 0) is 51.7 Å². The molecule has 3 aliphatic rings. The average Bonchev–Trinajstić information content (AvgIpc) is 2.79. The van der Waals surface area contributed by atoms with E-state index in [-0.39, 0.29) is 0 Å². The minimum absolute atomic E-state index is 0.577. The Morgan fingerprint density at radius 1 is 1.20 bits per heavy atom. The lowest BCUT2D eigenvalue weighted by atomic mass is 9.79. The first-order chi connectivity index (χ1) is 9.70. The molecule has 5 nitrogen and oxygen atoms in total. The second-order valence-electron chi connectivity index (χ2n) is 6.62. The minimum atomic E-state index is -0.631. The highest BCUT2D eigenvalue weighted by atomic mass is 16.5. The third kappa shape index (κ3) is 2.85. The van der Waals surface area contributed by atoms with Gasteiger partial charge in [0.1, 0.15) is 0 Å². The summed E-state index contributed by atoms with van der Waals surface area (Å²) in [5.74, 6) is -0.631. The van der Waals surface area contributed by atoms with Crippen molar-refractivity contribution in [2.75, 3.05) is 45.9 Å². The van der Waals surface area contributed by atoms with Gasteiger partial charge in [-0.1, -0.05) is 0 Å². The summed E-state index contributed by atoms with van der Waals surface area (Å²) in [6.07, 6.45) is 5.07. The number of carboxylic acids is 1. The second kappa shape index (κ2) is 6.00. The number of carboxylic acid groups (broad SMARTS) is 1. The SMILES string of the molecule is O=C(O)C1(CN2CCCN3CCCC3C2)CCOCC1. The Bertz CT molecular complexity index is 355. The maximum atomic E-state index is 11.8. The maximum absolute atomic E-state index is 11.8. The number of ether oxygens (including phenoxy) is 1. The van der Waals surface area contributed by atoms with Gasteiger partial charge in [0.2, 0.25) is 0 Å². The largest absolute Gasteiger partial charge is 0.481 e. The quantitative estimate of drug-likeness (QED) is 0.838. The van der Waals surface area contributed by atoms with Crippen LogP contribution in [0.2, 0.25) is 0 Å². The van der Waals surface area contributed by atoms with Gasteiger partial charge in [-0.2, -0.15) is 0 Å². The summed E-state index contributed by atoms with van der Waals surface area (Å²) in [5.41, 5.74) is -0.577. The lowest BCUT2D eigenvalue weighted by Crippen LogP contribution is -2.48. The fourth-order valence-electron chi connectivity index (χ4n) is 4.06. The topological polar surface area (TPSA) is 53.0 Å². The van der Waals surface area contributed by atoms with Crippen LogP contribution in [0.15, 0.2) is 0 Å². The first-order valence-corrected chi connectivity index (χ1v) is 7.97. The van der Waals surface area contributed by atoms with Gasteiger partial charge in [0.05, 0.1) is 5.41 Å². The van der Waals surface area contributed by atoms with Gasteiger partial charge in [-0.3, -0.25) is 9.69 Å². The second-order valence-corrected chi connectivity index (χ2v) is 6.62. The van der Waals surface area contributed by atoms with Crippen LogP contribution in [0.4, 0.5) is 0 Å². The van der Waals surface area contributed by atoms with Crippen molar-refractivity contribution in [3.8, 4) is 0 Å². The molecule has 3 saturated heterocycles. The van der Waals surface area contributed by atoms with Gasteiger partial charge in [0, 0.05) is 32.3 Å². The van der Waals surface area contributed by atoms with Crippen molar-refractivity contribution in [3.63, 3.8) is 0 Å². The number of carbonyl (C=O) groups is 1. The van der Waals surface area contributed by atoms with Gasteiger partial charge in [0.25, 0.3) is 0 Å². The van der Waals surface area contributed by atoms with Crippen LogP contribution in [0.25, 0.3) is 0 Å². The maximum Gasteiger partial charge on any atom is 0.311 e. The van der Waals surface area contributed by atoms with Crippen LogP contribution in [0.3, 0.4) is 0 Å². The summed E-state index contributed by atoms with van der Waals surface area (Å²) in [6, 6.07) is 0.656. The zero-order valence-electron chi connectivity index (χ0n) is 12.2. The van der Waals surface area contributed by atoms with E-state index in [0.29, 0.717) is 38.6 Å². The lowest BCUT2D eigenvalue weighted by Gasteiger charge is -2.38. The fraction of sp³-hybridized carbons (Fsp3) is 0.933. The molecule has 0 aliphatic carbocycles. The van der Waals surface area contributed by atoms with E-state index in [1.165, 1.54) is 32.4 Å². The van der Waals surface area contributed by atoms with Gasteiger partial charge in [-0.15, -0.1) is 0 Å². The molecule has 0 amide bonds. The summed E-state index contributed by atoms with van der Waals surface area (Å²) >= 11 is 0. The lowest BCUT2D eigenvalue weighted by molar-refractivity contribution is -0.156. The highest BCUT2D eigenvalue weighted by Gasteiger charge is 2.42. The molecule has 0 saturated carbocycles. The van der Waals surface area contributed by atoms with Crippen LogP contribution in [-0.4, -0.2) is 72.9 Å². The first-order valence-electron chi connectivity index (χ1n) is 7.97. The monoisotopic (exact) mass is 282 g/mol. The number of hydrogen-bond acceptors (Lipinski definition) is 4. The Balaban J connectivity index is 1.66. The predicted molar refractivity (Wildman–Crippen MR) is 75.8 cm³/mol. The minimum Gasteiger partial charge on any atom is -0.481 e. The molecule has 0 radical (unpaired) electrons. The van der Waals surface area contributed by atoms with Crippen molar-refractivity contribution in [1.82, 2.24) is 9.80 Å². The van der Waals surface area contributed by atoms with Crippen LogP contribution in [-0.2, 0) is 9.53 Å². The predicted octanol–water partition coefficient (Wildman–Crippen LogP) is 1.04. The molecular weight excluding hydrogens is 256 g/mol. The number of rotatable bonds is 3. The van der Waals surface area contributed by atoms with Gasteiger partial charge < -0.3 is 14.7 Å². The number of aliphatic carboxylic acids is 1. The molecule has 0 aromatic rings. The van der Waals surface area contributed by atoms with Crippen molar-refractivity contribution < 1.29 is 14.6 Å². The van der Waals surface area contributed by atoms with E-state index in [1.54, 1.807) is 0 Å². The standard InChI is InChI=1S/C15H26N2O3/c18-14(19)15(4-9-20-10-5-15)12-16-6-2-8-17-7-1-3-13(17)11-16/h13H,1-12H2,(H,18,19). The molecule has 5 heteroatoms. The Morgan fingerprint density at radius 3 is 2.70 bits per heavy atom. The zero-order valence-corrected chi connectivity index (χ0v) is 12.2. The van der Waals surface area contributed by atoms with Gasteiger partial charge in [0.15, 0.2) is 0 Å². The Labute approximate surface area is 120 Å². The van der Waals surface area contributed by atoms with E-state index < -0.39 is 11.4 Å². The molecule has 114 valence electrons. The van der Waals surface area contributed by atoms with E-state index in [9.17, 15) is 9.90 Å². The van der Waals surface area contributed by atoms with Crippen LogP contribution in [0, 0.1) is 5.41 Å². The van der Waals surface area contributed by atoms with Crippen molar-refractivity contribution in [2.45, 2.75) is 38.1 Å². The first kappa shape index (κ1) is 14.3. The molecule has 1 unspecified atom stereocenters. The molecule has 3 fully saturated rings. The third-order valence-corrected chi connectivity index (χ3v) is 5.32. The molecule has 0 aromatic heterocycles. The van der Waals surface area contributed by atoms with Crippen LogP contribution < -0.4 is 0 Å². The molecule has 20 heavy (non-hydrogen) atoms. The fourth-order valence-corrected chi connectivity index (χ4v) is 4.06. The molecule has 0 aromatic carbocycles. The Kier molecular flexibility index (Phi) is 4.29. The van der Waals surface area contributed by atoms with E-state index >= 15 is 0 Å². The normalized spacial score (nSPS) is 31.7. The average molecular weight is 282 g/mol. The number of hydrogen-bond donors (Lipinski definition) is 1. The smallest absolute Gasteiger partial charge is 0.311 e. The van der Waals surface area contributed by atoms with Crippen LogP contribution >= 0.6 is 0 Å². The zero-order chi connectivity index (χ0) is 14.0. The molecule has 0 bridgehead atoms. The Hall–Kier alpha value is -0.650. The van der Waals surface area contributed by atoms with Crippen molar-refractivity contribution in [3.05, 3.63) is 0 Å². The van der Waals surface area contributed by atoms with E-state index in [1.807, 2.05) is 0 Å². The molecule has 3 heterocycles. The molecule has 1 atom stereocenters. The molecular formula is C15H26N2O3. The van der Waals surface area contributed by atoms with Crippen molar-refractivity contribution in [1.29, 1.82) is 0 Å². The highest BCUT2D eigenvalue weighted by molar-refractivity contribution is 5.75. The van der Waals surface area contributed by atoms with Crippen molar-refractivity contribution in [2.24, 2.45) is 5.41 Å². The molecule has 0 spiro atoms. The third-order valence-electron chi connectivity index (χ3n) is 5.32. The number of nitrogens with zero attached hydrogens (tertiary/aromatic N) is 2. The Morgan fingerprint density at radius 2 is 1.95 bits per heavy atom. The van der Waals surface area contributed by atoms with Gasteiger partial charge in [-0.25, -0.2) is 0 Å². The highest BCUT2D eigenvalue weighted by Crippen LogP contribution is 2.33. The summed E-state index contributed by atoms with van der Waals surface area (Å²) in [4.78, 5) is 16.8. The molecule has 3 aliphatic heterocycles. The summed E-state index contributed by atoms with van der Waals surface area (Å²) < 4.78 is 5.37. The number of fused-ring (bicyclic) bond motifs is 1.